The van der Waals surface area contributed by atoms with Crippen molar-refractivity contribution in [3.63, 3.8) is 0 Å². The zero-order chi connectivity index (χ0) is 14.0. The maximum Gasteiger partial charge on any atom is 0.242 e. The van der Waals surface area contributed by atoms with Gasteiger partial charge in [0.25, 0.3) is 0 Å². The second-order valence-corrected chi connectivity index (χ2v) is 4.87. The number of carbonyl (C=O) groups is 1. The first-order valence-electron chi connectivity index (χ1n) is 6.55. The zero-order valence-corrected chi connectivity index (χ0v) is 11.5. The third kappa shape index (κ3) is 2.71. The Bertz CT molecular complexity index is 478. The van der Waals surface area contributed by atoms with Gasteiger partial charge in [-0.3, -0.25) is 4.79 Å². The number of hydrogen-bond donors (Lipinski definition) is 2. The summed E-state index contributed by atoms with van der Waals surface area (Å²) in [7, 11) is 1.84. The van der Waals surface area contributed by atoms with E-state index in [2.05, 4.69) is 10.6 Å². The van der Waals surface area contributed by atoms with Gasteiger partial charge in [-0.15, -0.1) is 0 Å². The molecule has 1 aromatic rings. The smallest absolute Gasteiger partial charge is 0.242 e. The number of nitrogens with zero attached hydrogens (tertiary/aromatic N) is 1. The Morgan fingerprint density at radius 3 is 2.95 bits per heavy atom. The molecule has 2 N–H and O–H groups in total. The van der Waals surface area contributed by atoms with Crippen molar-refractivity contribution in [2.24, 2.45) is 0 Å². The highest BCUT2D eigenvalue weighted by Gasteiger charge is 2.27. The van der Waals surface area contributed by atoms with Crippen LogP contribution in [0.2, 0.25) is 0 Å². The van der Waals surface area contributed by atoms with E-state index in [-0.39, 0.29) is 23.8 Å². The molecule has 0 radical (unpaired) electrons. The fourth-order valence-electron chi connectivity index (χ4n) is 2.40. The van der Waals surface area contributed by atoms with Crippen LogP contribution in [0.1, 0.15) is 25.5 Å². The van der Waals surface area contributed by atoms with Crippen molar-refractivity contribution in [3.05, 3.63) is 29.6 Å². The van der Waals surface area contributed by atoms with E-state index in [1.54, 1.807) is 6.07 Å². The molecule has 0 aliphatic carbocycles. The molecule has 1 amide bonds. The number of carbonyl (C=O) groups excluding carboxylic acids is 1. The molecule has 1 heterocycles. The minimum atomic E-state index is -0.255. The fourth-order valence-corrected chi connectivity index (χ4v) is 2.40. The summed E-state index contributed by atoms with van der Waals surface area (Å²) in [6.07, 6.45) is 0. The van der Waals surface area contributed by atoms with E-state index in [1.165, 1.54) is 12.1 Å². The van der Waals surface area contributed by atoms with E-state index in [9.17, 15) is 9.18 Å². The average molecular weight is 265 g/mol. The summed E-state index contributed by atoms with van der Waals surface area (Å²) in [5, 5.41) is 5.96. The normalized spacial score (nSPS) is 21.2. The highest BCUT2D eigenvalue weighted by atomic mass is 19.1. The molecule has 0 bridgehead atoms. The molecule has 104 valence electrons. The van der Waals surface area contributed by atoms with Crippen molar-refractivity contribution in [2.75, 3.05) is 25.0 Å². The Balaban J connectivity index is 2.40. The van der Waals surface area contributed by atoms with Crippen LogP contribution in [0, 0.1) is 5.82 Å². The summed E-state index contributed by atoms with van der Waals surface area (Å²) in [5.74, 6) is -0.242. The lowest BCUT2D eigenvalue weighted by molar-refractivity contribution is -0.122. The predicted octanol–water partition coefficient (Wildman–Crippen LogP) is 1.43. The van der Waals surface area contributed by atoms with Crippen molar-refractivity contribution < 1.29 is 9.18 Å². The van der Waals surface area contributed by atoms with Crippen LogP contribution in [-0.2, 0) is 4.79 Å². The van der Waals surface area contributed by atoms with Crippen molar-refractivity contribution in [1.82, 2.24) is 10.6 Å². The van der Waals surface area contributed by atoms with Crippen molar-refractivity contribution in [2.45, 2.75) is 25.9 Å². The molecule has 2 atom stereocenters. The first-order valence-corrected chi connectivity index (χ1v) is 6.55. The molecule has 0 saturated carbocycles. The molecule has 1 saturated heterocycles. The molecule has 5 heteroatoms. The number of rotatable bonds is 3. The van der Waals surface area contributed by atoms with Crippen molar-refractivity contribution in [1.29, 1.82) is 0 Å². The predicted molar refractivity (Wildman–Crippen MR) is 73.7 cm³/mol. The third-order valence-corrected chi connectivity index (χ3v) is 3.70. The highest BCUT2D eigenvalue weighted by molar-refractivity contribution is 5.86. The van der Waals surface area contributed by atoms with Gasteiger partial charge in [0.05, 0.1) is 0 Å². The van der Waals surface area contributed by atoms with Crippen LogP contribution in [0.4, 0.5) is 10.1 Å². The molecular weight excluding hydrogens is 245 g/mol. The van der Waals surface area contributed by atoms with Gasteiger partial charge < -0.3 is 15.5 Å². The number of nitrogens with one attached hydrogen (secondary N) is 2. The lowest BCUT2D eigenvalue weighted by Gasteiger charge is -2.36. The molecule has 2 unspecified atom stereocenters. The van der Waals surface area contributed by atoms with Gasteiger partial charge in [0, 0.05) is 24.8 Å². The lowest BCUT2D eigenvalue weighted by Crippen LogP contribution is -2.54. The first-order chi connectivity index (χ1) is 9.04. The molecule has 4 nitrogen and oxygen atoms in total. The maximum atomic E-state index is 13.5. The number of hydrogen-bond acceptors (Lipinski definition) is 3. The van der Waals surface area contributed by atoms with E-state index in [4.69, 9.17) is 0 Å². The van der Waals surface area contributed by atoms with Crippen LogP contribution in [-0.4, -0.2) is 32.1 Å². The topological polar surface area (TPSA) is 44.4 Å². The van der Waals surface area contributed by atoms with Crippen molar-refractivity contribution in [3.8, 4) is 0 Å². The second kappa shape index (κ2) is 5.57. The quantitative estimate of drug-likeness (QED) is 0.869. The van der Waals surface area contributed by atoms with Crippen LogP contribution >= 0.6 is 0 Å². The van der Waals surface area contributed by atoms with Gasteiger partial charge >= 0.3 is 0 Å². The van der Waals surface area contributed by atoms with Gasteiger partial charge in [-0.2, -0.15) is 0 Å². The largest absolute Gasteiger partial charge is 0.358 e. The number of piperazine rings is 1. The molecule has 0 aromatic heterocycles. The maximum absolute atomic E-state index is 13.5. The second-order valence-electron chi connectivity index (χ2n) is 4.87. The molecule has 2 rings (SSSR count). The lowest BCUT2D eigenvalue weighted by atomic mass is 10.0. The van der Waals surface area contributed by atoms with E-state index in [0.717, 1.165) is 17.8 Å². The van der Waals surface area contributed by atoms with E-state index < -0.39 is 0 Å². The summed E-state index contributed by atoms with van der Waals surface area (Å²) in [6, 6.07) is 4.54. The monoisotopic (exact) mass is 265 g/mol. The zero-order valence-electron chi connectivity index (χ0n) is 11.5. The molecule has 1 aliphatic rings. The Morgan fingerprint density at radius 2 is 2.26 bits per heavy atom. The number of halogens is 1. The highest BCUT2D eigenvalue weighted by Crippen LogP contribution is 2.29. The van der Waals surface area contributed by atoms with Crippen LogP contribution in [0.25, 0.3) is 0 Å². The third-order valence-electron chi connectivity index (χ3n) is 3.70. The summed E-state index contributed by atoms with van der Waals surface area (Å²) in [5.41, 5.74) is 1.80. The Morgan fingerprint density at radius 1 is 1.53 bits per heavy atom. The Hall–Kier alpha value is -1.62. The van der Waals surface area contributed by atoms with E-state index in [0.29, 0.717) is 6.54 Å². The van der Waals surface area contributed by atoms with Crippen LogP contribution in [0.5, 0.6) is 0 Å². The first kappa shape index (κ1) is 13.8. The number of anilines is 1. The van der Waals surface area contributed by atoms with Gasteiger partial charge in [-0.1, -0.05) is 0 Å². The fraction of sp³-hybridized carbons (Fsp3) is 0.500. The van der Waals surface area contributed by atoms with E-state index >= 15 is 0 Å². The Labute approximate surface area is 113 Å². The SMILES string of the molecule is CNC(C)c1cc(F)ccc1N1CCNC(=O)C1C. The van der Waals surface area contributed by atoms with Gasteiger partial charge in [0.15, 0.2) is 0 Å². The summed E-state index contributed by atoms with van der Waals surface area (Å²) < 4.78 is 13.5. The number of benzene rings is 1. The molecule has 0 spiro atoms. The van der Waals surface area contributed by atoms with Crippen LogP contribution in [0.15, 0.2) is 18.2 Å². The minimum Gasteiger partial charge on any atom is -0.358 e. The summed E-state index contributed by atoms with van der Waals surface area (Å²) in [4.78, 5) is 13.8. The van der Waals surface area contributed by atoms with Gasteiger partial charge in [0.2, 0.25) is 5.91 Å². The van der Waals surface area contributed by atoms with E-state index in [1.807, 2.05) is 25.8 Å². The molecule has 1 aliphatic heterocycles. The van der Waals surface area contributed by atoms with Crippen LogP contribution < -0.4 is 15.5 Å². The standard InChI is InChI=1S/C14H20FN3O/c1-9(16-3)12-8-11(15)4-5-13(12)18-7-6-17-14(19)10(18)2/h4-5,8-10,16H,6-7H2,1-3H3,(H,17,19). The van der Waals surface area contributed by atoms with Gasteiger partial charge in [0.1, 0.15) is 11.9 Å². The number of amides is 1. The van der Waals surface area contributed by atoms with Gasteiger partial charge in [-0.25, -0.2) is 4.39 Å². The van der Waals surface area contributed by atoms with Crippen molar-refractivity contribution >= 4 is 11.6 Å². The minimum absolute atomic E-state index is 0.0126. The molecular formula is C14H20FN3O. The van der Waals surface area contributed by atoms with Crippen LogP contribution in [0.3, 0.4) is 0 Å². The Kier molecular flexibility index (Phi) is 4.04. The average Bonchev–Trinajstić information content (AvgIpc) is 2.41. The van der Waals surface area contributed by atoms with Gasteiger partial charge in [-0.05, 0) is 44.7 Å². The molecule has 19 heavy (non-hydrogen) atoms. The molecule has 1 aromatic carbocycles. The molecule has 1 fully saturated rings. The summed E-state index contributed by atoms with van der Waals surface area (Å²) in [6.45, 7) is 5.20. The summed E-state index contributed by atoms with van der Waals surface area (Å²) >= 11 is 0.